The molecule has 0 bridgehead atoms. The van der Waals surface area contributed by atoms with Crippen LogP contribution in [0.25, 0.3) is 0 Å². The van der Waals surface area contributed by atoms with Gasteiger partial charge in [0.1, 0.15) is 0 Å². The molecule has 1 fully saturated rings. The molecule has 0 amide bonds. The van der Waals surface area contributed by atoms with E-state index in [-0.39, 0.29) is 6.10 Å². The second-order valence-corrected chi connectivity index (χ2v) is 4.11. The molecule has 0 aromatic heterocycles. The maximum absolute atomic E-state index is 5.77. The third-order valence-electron chi connectivity index (χ3n) is 2.41. The third kappa shape index (κ3) is 3.08. The lowest BCUT2D eigenvalue weighted by molar-refractivity contribution is -0.146. The fourth-order valence-electron chi connectivity index (χ4n) is 1.70. The molecule has 1 aliphatic rings. The van der Waals surface area contributed by atoms with Crippen LogP contribution in [0.2, 0.25) is 0 Å². The molecule has 0 aromatic carbocycles. The SMILES string of the molecule is C=CC[C@H](COC)[C@H]1COC(C)(C)O1. The molecule has 0 aromatic rings. The van der Waals surface area contributed by atoms with Crippen LogP contribution in [0.5, 0.6) is 0 Å². The fourth-order valence-corrected chi connectivity index (χ4v) is 1.70. The normalized spacial score (nSPS) is 27.5. The lowest BCUT2D eigenvalue weighted by Gasteiger charge is -2.22. The maximum Gasteiger partial charge on any atom is 0.163 e. The Morgan fingerprint density at radius 1 is 1.64 bits per heavy atom. The summed E-state index contributed by atoms with van der Waals surface area (Å²) >= 11 is 0. The highest BCUT2D eigenvalue weighted by atomic mass is 16.7. The van der Waals surface area contributed by atoms with Crippen molar-refractivity contribution in [3.63, 3.8) is 0 Å². The summed E-state index contributed by atoms with van der Waals surface area (Å²) < 4.78 is 16.4. The van der Waals surface area contributed by atoms with E-state index in [9.17, 15) is 0 Å². The van der Waals surface area contributed by atoms with E-state index in [1.807, 2.05) is 19.9 Å². The molecule has 1 heterocycles. The summed E-state index contributed by atoms with van der Waals surface area (Å²) in [4.78, 5) is 0. The van der Waals surface area contributed by atoms with Gasteiger partial charge in [0, 0.05) is 13.0 Å². The van der Waals surface area contributed by atoms with E-state index in [2.05, 4.69) is 6.58 Å². The van der Waals surface area contributed by atoms with Gasteiger partial charge in [-0.3, -0.25) is 0 Å². The number of ether oxygens (including phenoxy) is 3. The predicted octanol–water partition coefficient (Wildman–Crippen LogP) is 1.98. The number of methoxy groups -OCH3 is 1. The first-order chi connectivity index (χ1) is 6.59. The first kappa shape index (κ1) is 11.7. The molecule has 3 heteroatoms. The van der Waals surface area contributed by atoms with Crippen LogP contribution in [0, 0.1) is 5.92 Å². The zero-order valence-electron chi connectivity index (χ0n) is 9.29. The molecule has 0 N–H and O–H groups in total. The Labute approximate surface area is 86.0 Å². The molecule has 2 atom stereocenters. The average Bonchev–Trinajstić information content (AvgIpc) is 2.46. The molecular weight excluding hydrogens is 180 g/mol. The van der Waals surface area contributed by atoms with Crippen molar-refractivity contribution in [3.8, 4) is 0 Å². The highest BCUT2D eigenvalue weighted by molar-refractivity contribution is 4.83. The number of allylic oxidation sites excluding steroid dienone is 1. The Bertz CT molecular complexity index is 189. The van der Waals surface area contributed by atoms with Crippen molar-refractivity contribution in [1.82, 2.24) is 0 Å². The van der Waals surface area contributed by atoms with Crippen LogP contribution in [-0.2, 0) is 14.2 Å². The van der Waals surface area contributed by atoms with Crippen LogP contribution in [-0.4, -0.2) is 32.2 Å². The van der Waals surface area contributed by atoms with Crippen molar-refractivity contribution in [1.29, 1.82) is 0 Å². The molecule has 1 saturated heterocycles. The Morgan fingerprint density at radius 3 is 2.79 bits per heavy atom. The Balaban J connectivity index is 2.48. The van der Waals surface area contributed by atoms with E-state index in [0.717, 1.165) is 6.42 Å². The minimum absolute atomic E-state index is 0.128. The van der Waals surface area contributed by atoms with Gasteiger partial charge in [0.05, 0.1) is 19.3 Å². The maximum atomic E-state index is 5.77. The fraction of sp³-hybridized carbons (Fsp3) is 0.818. The molecule has 14 heavy (non-hydrogen) atoms. The summed E-state index contributed by atoms with van der Waals surface area (Å²) in [5, 5.41) is 0. The third-order valence-corrected chi connectivity index (χ3v) is 2.41. The molecule has 3 nitrogen and oxygen atoms in total. The molecule has 0 spiro atoms. The monoisotopic (exact) mass is 200 g/mol. The topological polar surface area (TPSA) is 27.7 Å². The Hall–Kier alpha value is -0.380. The summed E-state index contributed by atoms with van der Waals surface area (Å²) in [5.41, 5.74) is 0. The summed E-state index contributed by atoms with van der Waals surface area (Å²) in [6.07, 6.45) is 2.93. The zero-order chi connectivity index (χ0) is 10.6. The van der Waals surface area contributed by atoms with Crippen LogP contribution in [0.1, 0.15) is 20.3 Å². The number of rotatable bonds is 5. The second kappa shape index (κ2) is 4.91. The lowest BCUT2D eigenvalue weighted by Crippen LogP contribution is -2.29. The van der Waals surface area contributed by atoms with E-state index in [1.54, 1.807) is 7.11 Å². The standard InChI is InChI=1S/C11H20O3/c1-5-6-9(7-12-4)10-8-13-11(2,3)14-10/h5,9-10H,1,6-8H2,2-4H3/t9-,10-/m1/s1. The molecule has 0 aliphatic carbocycles. The van der Waals surface area contributed by atoms with Gasteiger partial charge in [0.15, 0.2) is 5.79 Å². The lowest BCUT2D eigenvalue weighted by atomic mass is 10.0. The smallest absolute Gasteiger partial charge is 0.163 e. The first-order valence-corrected chi connectivity index (χ1v) is 5.00. The predicted molar refractivity (Wildman–Crippen MR) is 55.1 cm³/mol. The minimum atomic E-state index is -0.447. The largest absolute Gasteiger partial charge is 0.384 e. The van der Waals surface area contributed by atoms with E-state index >= 15 is 0 Å². The molecule has 1 aliphatic heterocycles. The molecule has 0 radical (unpaired) electrons. The average molecular weight is 200 g/mol. The van der Waals surface area contributed by atoms with Gasteiger partial charge in [-0.1, -0.05) is 6.08 Å². The van der Waals surface area contributed by atoms with Crippen LogP contribution in [0.4, 0.5) is 0 Å². The molecule has 1 rings (SSSR count). The second-order valence-electron chi connectivity index (χ2n) is 4.11. The Morgan fingerprint density at radius 2 is 2.36 bits per heavy atom. The van der Waals surface area contributed by atoms with Gasteiger partial charge in [-0.25, -0.2) is 0 Å². The van der Waals surface area contributed by atoms with E-state index in [1.165, 1.54) is 0 Å². The van der Waals surface area contributed by atoms with Crippen LogP contribution >= 0.6 is 0 Å². The summed E-state index contributed by atoms with van der Waals surface area (Å²) in [7, 11) is 1.71. The summed E-state index contributed by atoms with van der Waals surface area (Å²) in [6.45, 7) is 8.95. The van der Waals surface area contributed by atoms with Gasteiger partial charge < -0.3 is 14.2 Å². The quantitative estimate of drug-likeness (QED) is 0.635. The Kier molecular flexibility index (Phi) is 4.11. The molecule has 0 saturated carbocycles. The highest BCUT2D eigenvalue weighted by Gasteiger charge is 2.36. The van der Waals surface area contributed by atoms with Crippen molar-refractivity contribution >= 4 is 0 Å². The zero-order valence-corrected chi connectivity index (χ0v) is 9.29. The van der Waals surface area contributed by atoms with E-state index in [0.29, 0.717) is 19.1 Å². The first-order valence-electron chi connectivity index (χ1n) is 5.00. The van der Waals surface area contributed by atoms with Gasteiger partial charge in [0.2, 0.25) is 0 Å². The minimum Gasteiger partial charge on any atom is -0.384 e. The van der Waals surface area contributed by atoms with Crippen molar-refractivity contribution in [2.24, 2.45) is 5.92 Å². The van der Waals surface area contributed by atoms with Crippen LogP contribution in [0.15, 0.2) is 12.7 Å². The van der Waals surface area contributed by atoms with Crippen molar-refractivity contribution in [3.05, 3.63) is 12.7 Å². The van der Waals surface area contributed by atoms with Gasteiger partial charge in [-0.15, -0.1) is 6.58 Å². The van der Waals surface area contributed by atoms with Crippen molar-refractivity contribution in [2.75, 3.05) is 20.3 Å². The highest BCUT2D eigenvalue weighted by Crippen LogP contribution is 2.28. The van der Waals surface area contributed by atoms with Crippen LogP contribution in [0.3, 0.4) is 0 Å². The molecule has 82 valence electrons. The van der Waals surface area contributed by atoms with E-state index < -0.39 is 5.79 Å². The van der Waals surface area contributed by atoms with Crippen molar-refractivity contribution in [2.45, 2.75) is 32.2 Å². The summed E-state index contributed by atoms with van der Waals surface area (Å²) in [6, 6.07) is 0. The summed E-state index contributed by atoms with van der Waals surface area (Å²) in [5.74, 6) is -0.100. The van der Waals surface area contributed by atoms with Gasteiger partial charge in [-0.2, -0.15) is 0 Å². The number of hydrogen-bond donors (Lipinski definition) is 0. The number of hydrogen-bond acceptors (Lipinski definition) is 3. The van der Waals surface area contributed by atoms with Gasteiger partial charge >= 0.3 is 0 Å². The molecule has 0 unspecified atom stereocenters. The van der Waals surface area contributed by atoms with Gasteiger partial charge in [-0.05, 0) is 20.3 Å². The van der Waals surface area contributed by atoms with Crippen molar-refractivity contribution < 1.29 is 14.2 Å². The molecular formula is C11H20O3. The van der Waals surface area contributed by atoms with Crippen LogP contribution < -0.4 is 0 Å². The van der Waals surface area contributed by atoms with Gasteiger partial charge in [0.25, 0.3) is 0 Å². The van der Waals surface area contributed by atoms with E-state index in [4.69, 9.17) is 14.2 Å².